The summed E-state index contributed by atoms with van der Waals surface area (Å²) in [6, 6.07) is 6.04. The lowest BCUT2D eigenvalue weighted by atomic mass is 10.0. The van der Waals surface area contributed by atoms with E-state index in [1.165, 1.54) is 22.5 Å². The molecule has 0 aliphatic rings. The second kappa shape index (κ2) is 7.02. The fourth-order valence-corrected chi connectivity index (χ4v) is 2.50. The molecule has 1 aromatic carbocycles. The third-order valence-electron chi connectivity index (χ3n) is 3.00. The van der Waals surface area contributed by atoms with Crippen molar-refractivity contribution in [2.24, 2.45) is 5.73 Å². The van der Waals surface area contributed by atoms with Crippen LogP contribution in [0.3, 0.4) is 0 Å². The topological polar surface area (TPSA) is 68.0 Å². The van der Waals surface area contributed by atoms with Crippen molar-refractivity contribution in [3.63, 3.8) is 0 Å². The van der Waals surface area contributed by atoms with Crippen LogP contribution in [0.25, 0.3) is 0 Å². The number of aryl methyl sites for hydroxylation is 2. The normalized spacial score (nSPS) is 9.86. The van der Waals surface area contributed by atoms with Crippen LogP contribution in [0.5, 0.6) is 0 Å². The van der Waals surface area contributed by atoms with Gasteiger partial charge in [0.1, 0.15) is 0 Å². The highest BCUT2D eigenvalue weighted by Gasteiger charge is 2.07. The van der Waals surface area contributed by atoms with Crippen LogP contribution in [-0.4, -0.2) is 17.4 Å². The predicted molar refractivity (Wildman–Crippen MR) is 86.3 cm³/mol. The third kappa shape index (κ3) is 4.42. The molecule has 3 N–H and O–H groups in total. The smallest absolute Gasteiger partial charge is 0.230 e. The minimum Gasteiger partial charge on any atom is -0.320 e. The zero-order valence-electron chi connectivity index (χ0n) is 12.1. The maximum Gasteiger partial charge on any atom is 0.230 e. The van der Waals surface area contributed by atoms with Gasteiger partial charge in [0.05, 0.1) is 24.0 Å². The summed E-state index contributed by atoms with van der Waals surface area (Å²) in [7, 11) is 0. The fourth-order valence-electron chi connectivity index (χ4n) is 1.79. The van der Waals surface area contributed by atoms with Gasteiger partial charge in [-0.15, -0.1) is 0 Å². The number of nitrogens with one attached hydrogen (secondary N) is 1. The van der Waals surface area contributed by atoms with Crippen molar-refractivity contribution in [3.05, 3.63) is 46.0 Å². The average molecular weight is 299 g/mol. The zero-order chi connectivity index (χ0) is 15.2. The Labute approximate surface area is 128 Å². The number of hydrogen-bond donors (Lipinski definition) is 2. The number of nitrogens with zero attached hydrogens (tertiary/aromatic N) is 1. The monoisotopic (exact) mass is 299 g/mol. The van der Waals surface area contributed by atoms with Gasteiger partial charge in [-0.25, -0.2) is 4.98 Å². The standard InChI is InChI=1S/C16H17N3OS/c1-11-5-6-13(8-12(11)2)9-15(20)19-16-18-10-14(21-16)4-3-7-17/h5-6,8,10H,7,9,17H2,1-2H3,(H,18,19,20). The fraction of sp³-hybridized carbons (Fsp3) is 0.250. The van der Waals surface area contributed by atoms with E-state index in [2.05, 4.69) is 29.1 Å². The summed E-state index contributed by atoms with van der Waals surface area (Å²) in [5.41, 5.74) is 8.72. The van der Waals surface area contributed by atoms with E-state index < -0.39 is 0 Å². The minimum absolute atomic E-state index is 0.0778. The maximum atomic E-state index is 12.0. The van der Waals surface area contributed by atoms with E-state index in [0.717, 1.165) is 10.4 Å². The Bertz CT molecular complexity index is 710. The maximum absolute atomic E-state index is 12.0. The molecule has 0 bridgehead atoms. The Morgan fingerprint density at radius 2 is 2.19 bits per heavy atom. The number of amides is 1. The number of benzene rings is 1. The zero-order valence-corrected chi connectivity index (χ0v) is 12.9. The van der Waals surface area contributed by atoms with Gasteiger partial charge in [0, 0.05) is 0 Å². The lowest BCUT2D eigenvalue weighted by molar-refractivity contribution is -0.115. The molecule has 0 saturated heterocycles. The Kier molecular flexibility index (Phi) is 5.09. The minimum atomic E-state index is -0.0778. The van der Waals surface area contributed by atoms with Crippen LogP contribution in [-0.2, 0) is 11.2 Å². The average Bonchev–Trinajstić information content (AvgIpc) is 2.88. The largest absolute Gasteiger partial charge is 0.320 e. The van der Waals surface area contributed by atoms with Gasteiger partial charge < -0.3 is 11.1 Å². The molecule has 2 aromatic rings. The molecule has 21 heavy (non-hydrogen) atoms. The highest BCUT2D eigenvalue weighted by Crippen LogP contribution is 2.17. The van der Waals surface area contributed by atoms with E-state index in [1.54, 1.807) is 6.20 Å². The molecule has 0 aliphatic heterocycles. The van der Waals surface area contributed by atoms with Crippen molar-refractivity contribution in [1.29, 1.82) is 0 Å². The summed E-state index contributed by atoms with van der Waals surface area (Å²) < 4.78 is 0. The van der Waals surface area contributed by atoms with Crippen molar-refractivity contribution in [3.8, 4) is 11.8 Å². The number of carbonyl (C=O) groups excluding carboxylic acids is 1. The van der Waals surface area contributed by atoms with Gasteiger partial charge in [-0.3, -0.25) is 4.79 Å². The predicted octanol–water partition coefficient (Wildman–Crippen LogP) is 2.25. The lowest BCUT2D eigenvalue weighted by Gasteiger charge is -2.05. The second-order valence-electron chi connectivity index (χ2n) is 4.68. The molecule has 0 fully saturated rings. The molecule has 1 amide bonds. The highest BCUT2D eigenvalue weighted by molar-refractivity contribution is 7.16. The number of aromatic nitrogens is 1. The number of nitrogens with two attached hydrogens (primary N) is 1. The molecule has 2 rings (SSSR count). The molecular weight excluding hydrogens is 282 g/mol. The summed E-state index contributed by atoms with van der Waals surface area (Å²) in [6.07, 6.45) is 1.98. The lowest BCUT2D eigenvalue weighted by Crippen LogP contribution is -2.14. The molecule has 0 unspecified atom stereocenters. The third-order valence-corrected chi connectivity index (χ3v) is 3.83. The van der Waals surface area contributed by atoms with Crippen molar-refractivity contribution in [1.82, 2.24) is 4.98 Å². The Morgan fingerprint density at radius 1 is 1.38 bits per heavy atom. The molecular formula is C16H17N3OS. The van der Waals surface area contributed by atoms with Crippen molar-refractivity contribution < 1.29 is 4.79 Å². The van der Waals surface area contributed by atoms with E-state index >= 15 is 0 Å². The molecule has 0 aliphatic carbocycles. The molecule has 1 heterocycles. The molecule has 5 heteroatoms. The quantitative estimate of drug-likeness (QED) is 0.854. The van der Waals surface area contributed by atoms with Gasteiger partial charge in [-0.05, 0) is 30.5 Å². The van der Waals surface area contributed by atoms with E-state index in [9.17, 15) is 4.79 Å². The van der Waals surface area contributed by atoms with Crippen molar-refractivity contribution in [2.75, 3.05) is 11.9 Å². The van der Waals surface area contributed by atoms with E-state index in [0.29, 0.717) is 18.1 Å². The van der Waals surface area contributed by atoms with Crippen molar-refractivity contribution in [2.45, 2.75) is 20.3 Å². The number of hydrogen-bond acceptors (Lipinski definition) is 4. The summed E-state index contributed by atoms with van der Waals surface area (Å²) in [4.78, 5) is 16.9. The first-order valence-electron chi connectivity index (χ1n) is 6.59. The van der Waals surface area contributed by atoms with Gasteiger partial charge in [0.25, 0.3) is 0 Å². The van der Waals surface area contributed by atoms with Crippen LogP contribution in [0.15, 0.2) is 24.4 Å². The van der Waals surface area contributed by atoms with Crippen LogP contribution in [0.4, 0.5) is 5.13 Å². The first kappa shape index (κ1) is 15.2. The first-order chi connectivity index (χ1) is 10.1. The van der Waals surface area contributed by atoms with E-state index in [-0.39, 0.29) is 5.91 Å². The Balaban J connectivity index is 1.98. The first-order valence-corrected chi connectivity index (χ1v) is 7.41. The summed E-state index contributed by atoms with van der Waals surface area (Å²) in [5.74, 6) is 5.57. The number of carbonyl (C=O) groups is 1. The number of anilines is 1. The molecule has 1 aromatic heterocycles. The van der Waals surface area contributed by atoms with Crippen LogP contribution < -0.4 is 11.1 Å². The van der Waals surface area contributed by atoms with Crippen LogP contribution in [0.2, 0.25) is 0 Å². The number of rotatable bonds is 3. The Hall–Kier alpha value is -2.16. The molecule has 0 radical (unpaired) electrons. The summed E-state index contributed by atoms with van der Waals surface area (Å²) in [5, 5.41) is 3.35. The van der Waals surface area contributed by atoms with Gasteiger partial charge in [-0.1, -0.05) is 41.4 Å². The Morgan fingerprint density at radius 3 is 2.90 bits per heavy atom. The van der Waals surface area contributed by atoms with Gasteiger partial charge in [0.2, 0.25) is 5.91 Å². The van der Waals surface area contributed by atoms with Crippen molar-refractivity contribution >= 4 is 22.4 Å². The second-order valence-corrected chi connectivity index (χ2v) is 5.71. The molecule has 0 spiro atoms. The molecule has 4 nitrogen and oxygen atoms in total. The van der Waals surface area contributed by atoms with Crippen LogP contribution >= 0.6 is 11.3 Å². The SMILES string of the molecule is Cc1ccc(CC(=O)Nc2ncc(C#CCN)s2)cc1C. The summed E-state index contributed by atoms with van der Waals surface area (Å²) in [6.45, 7) is 4.41. The van der Waals surface area contributed by atoms with Crippen LogP contribution in [0.1, 0.15) is 21.6 Å². The highest BCUT2D eigenvalue weighted by atomic mass is 32.1. The summed E-state index contributed by atoms with van der Waals surface area (Å²) >= 11 is 1.35. The van der Waals surface area contributed by atoms with Gasteiger partial charge >= 0.3 is 0 Å². The molecule has 108 valence electrons. The van der Waals surface area contributed by atoms with Gasteiger partial charge in [-0.2, -0.15) is 0 Å². The van der Waals surface area contributed by atoms with Gasteiger partial charge in [0.15, 0.2) is 5.13 Å². The van der Waals surface area contributed by atoms with E-state index in [4.69, 9.17) is 5.73 Å². The van der Waals surface area contributed by atoms with E-state index in [1.807, 2.05) is 25.1 Å². The number of thiazole rings is 1. The molecule has 0 saturated carbocycles. The molecule has 0 atom stereocenters. The van der Waals surface area contributed by atoms with Crippen LogP contribution in [0, 0.1) is 25.7 Å².